The molecule has 0 fully saturated rings. The summed E-state index contributed by atoms with van der Waals surface area (Å²) in [6.45, 7) is 0.585. The zero-order chi connectivity index (χ0) is 11.4. The Hall–Kier alpha value is -0.960. The number of halogens is 1. The SMILES string of the molecule is NCc1ccc(Sc2cccc(Cl)c2)cc1. The Labute approximate surface area is 105 Å². The Morgan fingerprint density at radius 2 is 1.75 bits per heavy atom. The lowest BCUT2D eigenvalue weighted by molar-refractivity contribution is 1.07. The van der Waals surface area contributed by atoms with E-state index in [9.17, 15) is 0 Å². The van der Waals surface area contributed by atoms with Crippen LogP contribution in [-0.2, 0) is 6.54 Å². The molecule has 0 bridgehead atoms. The van der Waals surface area contributed by atoms with E-state index < -0.39 is 0 Å². The number of nitrogens with two attached hydrogens (primary N) is 1. The second kappa shape index (κ2) is 5.39. The maximum absolute atomic E-state index is 5.93. The Bertz CT molecular complexity index is 468. The minimum absolute atomic E-state index is 0.585. The largest absolute Gasteiger partial charge is 0.326 e. The van der Waals surface area contributed by atoms with Crippen molar-refractivity contribution in [3.05, 3.63) is 59.1 Å². The smallest absolute Gasteiger partial charge is 0.0417 e. The monoisotopic (exact) mass is 249 g/mol. The standard InChI is InChI=1S/C13H12ClNS/c14-11-2-1-3-13(8-11)16-12-6-4-10(9-15)5-7-12/h1-8H,9,15H2. The molecule has 0 spiro atoms. The van der Waals surface area contributed by atoms with E-state index in [2.05, 4.69) is 12.1 Å². The second-order valence-electron chi connectivity index (χ2n) is 3.41. The highest BCUT2D eigenvalue weighted by atomic mass is 35.5. The van der Waals surface area contributed by atoms with Gasteiger partial charge in [-0.3, -0.25) is 0 Å². The van der Waals surface area contributed by atoms with Crippen LogP contribution in [0.25, 0.3) is 0 Å². The Morgan fingerprint density at radius 3 is 2.38 bits per heavy atom. The molecule has 1 nitrogen and oxygen atoms in total. The van der Waals surface area contributed by atoms with Crippen molar-refractivity contribution in [2.75, 3.05) is 0 Å². The molecule has 0 saturated heterocycles. The lowest BCUT2D eigenvalue weighted by Gasteiger charge is -2.03. The predicted octanol–water partition coefficient (Wildman–Crippen LogP) is 3.95. The Balaban J connectivity index is 2.14. The maximum atomic E-state index is 5.93. The topological polar surface area (TPSA) is 26.0 Å². The summed E-state index contributed by atoms with van der Waals surface area (Å²) in [5, 5.41) is 0.767. The maximum Gasteiger partial charge on any atom is 0.0417 e. The fourth-order valence-corrected chi connectivity index (χ4v) is 2.49. The van der Waals surface area contributed by atoms with Crippen molar-refractivity contribution < 1.29 is 0 Å². The Morgan fingerprint density at radius 1 is 1.00 bits per heavy atom. The quantitative estimate of drug-likeness (QED) is 0.892. The van der Waals surface area contributed by atoms with Gasteiger partial charge in [-0.15, -0.1) is 0 Å². The zero-order valence-corrected chi connectivity index (χ0v) is 10.3. The first-order chi connectivity index (χ1) is 7.78. The van der Waals surface area contributed by atoms with Gasteiger partial charge >= 0.3 is 0 Å². The van der Waals surface area contributed by atoms with Gasteiger partial charge < -0.3 is 5.73 Å². The van der Waals surface area contributed by atoms with Gasteiger partial charge in [-0.2, -0.15) is 0 Å². The van der Waals surface area contributed by atoms with Crippen LogP contribution in [0.3, 0.4) is 0 Å². The van der Waals surface area contributed by atoms with Crippen molar-refractivity contribution in [2.24, 2.45) is 5.73 Å². The third-order valence-corrected chi connectivity index (χ3v) is 3.42. The molecule has 2 N–H and O–H groups in total. The normalized spacial score (nSPS) is 10.4. The number of rotatable bonds is 3. The summed E-state index contributed by atoms with van der Waals surface area (Å²) >= 11 is 7.62. The van der Waals surface area contributed by atoms with Crippen LogP contribution < -0.4 is 5.73 Å². The molecule has 0 aliphatic carbocycles. The molecule has 0 unspecified atom stereocenters. The van der Waals surface area contributed by atoms with E-state index in [0.717, 1.165) is 15.5 Å². The molecular weight excluding hydrogens is 238 g/mol. The number of hydrogen-bond donors (Lipinski definition) is 1. The van der Waals surface area contributed by atoms with Crippen LogP contribution in [0.2, 0.25) is 5.02 Å². The average molecular weight is 250 g/mol. The van der Waals surface area contributed by atoms with Gasteiger partial charge in [-0.1, -0.05) is 41.6 Å². The fraction of sp³-hybridized carbons (Fsp3) is 0.0769. The van der Waals surface area contributed by atoms with Crippen LogP contribution in [0.4, 0.5) is 0 Å². The molecule has 0 aliphatic heterocycles. The fourth-order valence-electron chi connectivity index (χ4n) is 1.36. The molecule has 0 radical (unpaired) electrons. The molecule has 0 atom stereocenters. The number of hydrogen-bond acceptors (Lipinski definition) is 2. The predicted molar refractivity (Wildman–Crippen MR) is 69.9 cm³/mol. The van der Waals surface area contributed by atoms with Crippen molar-refractivity contribution in [1.29, 1.82) is 0 Å². The highest BCUT2D eigenvalue weighted by molar-refractivity contribution is 7.99. The van der Waals surface area contributed by atoms with E-state index in [1.165, 1.54) is 4.90 Å². The highest BCUT2D eigenvalue weighted by Crippen LogP contribution is 2.29. The van der Waals surface area contributed by atoms with Gasteiger partial charge in [0.25, 0.3) is 0 Å². The molecule has 2 aromatic carbocycles. The molecule has 0 amide bonds. The first kappa shape index (κ1) is 11.5. The minimum atomic E-state index is 0.585. The van der Waals surface area contributed by atoms with Gasteiger partial charge in [0.1, 0.15) is 0 Å². The molecule has 82 valence electrons. The van der Waals surface area contributed by atoms with Gasteiger partial charge in [0.15, 0.2) is 0 Å². The minimum Gasteiger partial charge on any atom is -0.326 e. The van der Waals surface area contributed by atoms with Gasteiger partial charge in [-0.25, -0.2) is 0 Å². The van der Waals surface area contributed by atoms with Crippen molar-refractivity contribution >= 4 is 23.4 Å². The van der Waals surface area contributed by atoms with Crippen molar-refractivity contribution in [1.82, 2.24) is 0 Å². The van der Waals surface area contributed by atoms with E-state index in [-0.39, 0.29) is 0 Å². The van der Waals surface area contributed by atoms with Crippen LogP contribution in [0.15, 0.2) is 58.3 Å². The molecule has 2 aromatic rings. The van der Waals surface area contributed by atoms with Crippen LogP contribution in [0, 0.1) is 0 Å². The van der Waals surface area contributed by atoms with E-state index in [0.29, 0.717) is 6.54 Å². The van der Waals surface area contributed by atoms with Gasteiger partial charge in [0.05, 0.1) is 0 Å². The zero-order valence-electron chi connectivity index (χ0n) is 8.69. The van der Waals surface area contributed by atoms with E-state index in [1.54, 1.807) is 11.8 Å². The first-order valence-corrected chi connectivity index (χ1v) is 6.20. The molecule has 3 heteroatoms. The summed E-state index contributed by atoms with van der Waals surface area (Å²) in [6, 6.07) is 16.1. The first-order valence-electron chi connectivity index (χ1n) is 5.00. The van der Waals surface area contributed by atoms with E-state index >= 15 is 0 Å². The van der Waals surface area contributed by atoms with Gasteiger partial charge in [0, 0.05) is 21.4 Å². The third kappa shape index (κ3) is 3.01. The molecule has 0 heterocycles. The summed E-state index contributed by atoms with van der Waals surface area (Å²) in [5.41, 5.74) is 6.70. The lowest BCUT2D eigenvalue weighted by Crippen LogP contribution is -1.94. The van der Waals surface area contributed by atoms with Crippen LogP contribution in [-0.4, -0.2) is 0 Å². The molecule has 0 aromatic heterocycles. The van der Waals surface area contributed by atoms with Crippen molar-refractivity contribution in [2.45, 2.75) is 16.3 Å². The average Bonchev–Trinajstić information content (AvgIpc) is 2.30. The number of benzene rings is 2. The van der Waals surface area contributed by atoms with Gasteiger partial charge in [-0.05, 0) is 35.9 Å². The summed E-state index contributed by atoms with van der Waals surface area (Å²) < 4.78 is 0. The van der Waals surface area contributed by atoms with E-state index in [1.807, 2.05) is 36.4 Å². The van der Waals surface area contributed by atoms with E-state index in [4.69, 9.17) is 17.3 Å². The van der Waals surface area contributed by atoms with Crippen LogP contribution >= 0.6 is 23.4 Å². The second-order valence-corrected chi connectivity index (χ2v) is 4.99. The Kier molecular flexibility index (Phi) is 3.88. The summed E-state index contributed by atoms with van der Waals surface area (Å²) in [7, 11) is 0. The summed E-state index contributed by atoms with van der Waals surface area (Å²) in [6.07, 6.45) is 0. The van der Waals surface area contributed by atoms with Crippen molar-refractivity contribution in [3.63, 3.8) is 0 Å². The van der Waals surface area contributed by atoms with Gasteiger partial charge in [0.2, 0.25) is 0 Å². The third-order valence-electron chi connectivity index (χ3n) is 2.19. The molecular formula is C13H12ClNS. The molecule has 0 aliphatic rings. The lowest BCUT2D eigenvalue weighted by atomic mass is 10.2. The molecule has 2 rings (SSSR count). The molecule has 0 saturated carbocycles. The van der Waals surface area contributed by atoms with Crippen LogP contribution in [0.1, 0.15) is 5.56 Å². The highest BCUT2D eigenvalue weighted by Gasteiger charge is 1.98. The summed E-state index contributed by atoms with van der Waals surface area (Å²) in [5.74, 6) is 0. The van der Waals surface area contributed by atoms with Crippen LogP contribution in [0.5, 0.6) is 0 Å². The summed E-state index contributed by atoms with van der Waals surface area (Å²) in [4.78, 5) is 2.34. The van der Waals surface area contributed by atoms with Crippen molar-refractivity contribution in [3.8, 4) is 0 Å². The molecule has 16 heavy (non-hydrogen) atoms.